The van der Waals surface area contributed by atoms with E-state index in [0.717, 1.165) is 29.0 Å². The van der Waals surface area contributed by atoms with Crippen LogP contribution in [-0.2, 0) is 55.5 Å². The SMILES string of the molecule is CC(C)(COP(=O)(O)OP(=O)(O)OCC1OC(n2cnc3c(N)ncnc32)C(O)C1OP(=O)(O)O)C(O)C(=O)NCCC(=O)NCCSC(=O)CON. The average Bonchev–Trinajstić information content (AvgIpc) is 3.61. The van der Waals surface area contributed by atoms with E-state index in [0.29, 0.717) is 0 Å². The van der Waals surface area contributed by atoms with Crippen molar-refractivity contribution in [3.63, 3.8) is 0 Å². The number of phosphoric acid groups is 3. The number of ether oxygens (including phenoxy) is 1. The predicted octanol–water partition coefficient (Wildman–Crippen LogP) is -2.44. The highest BCUT2D eigenvalue weighted by atomic mass is 32.2. The van der Waals surface area contributed by atoms with Gasteiger partial charge in [0.25, 0.3) is 0 Å². The third kappa shape index (κ3) is 13.6. The van der Waals surface area contributed by atoms with Crippen LogP contribution in [0.4, 0.5) is 5.82 Å². The van der Waals surface area contributed by atoms with Gasteiger partial charge in [-0.2, -0.15) is 4.31 Å². The third-order valence-electron chi connectivity index (χ3n) is 6.97. The Balaban J connectivity index is 1.52. The highest BCUT2D eigenvalue weighted by molar-refractivity contribution is 8.13. The summed E-state index contributed by atoms with van der Waals surface area (Å²) in [6, 6.07) is 0. The van der Waals surface area contributed by atoms with Gasteiger partial charge in [0, 0.05) is 30.7 Å². The summed E-state index contributed by atoms with van der Waals surface area (Å²) in [4.78, 5) is 90.7. The van der Waals surface area contributed by atoms with E-state index in [1.54, 1.807) is 0 Å². The van der Waals surface area contributed by atoms with Gasteiger partial charge in [-0.3, -0.25) is 37.4 Å². The smallest absolute Gasteiger partial charge is 0.386 e. The molecule has 26 nitrogen and oxygen atoms in total. The lowest BCUT2D eigenvalue weighted by atomic mass is 9.87. The number of nitrogens with zero attached hydrogens (tertiary/aromatic N) is 4. The second kappa shape index (κ2) is 18.9. The zero-order valence-corrected chi connectivity index (χ0v) is 31.3. The summed E-state index contributed by atoms with van der Waals surface area (Å²) >= 11 is 0.890. The highest BCUT2D eigenvalue weighted by Crippen LogP contribution is 2.61. The van der Waals surface area contributed by atoms with E-state index in [9.17, 15) is 57.9 Å². The molecule has 0 aliphatic carbocycles. The molecular formula is C23H39N8O18P3S. The fourth-order valence-corrected chi connectivity index (χ4v) is 7.82. The monoisotopic (exact) mass is 840 g/mol. The number of nitrogens with two attached hydrogens (primary N) is 2. The first-order valence-electron chi connectivity index (χ1n) is 14.9. The minimum Gasteiger partial charge on any atom is -0.386 e. The minimum absolute atomic E-state index is 0.0259. The Hall–Kier alpha value is -2.52. The Labute approximate surface area is 303 Å². The van der Waals surface area contributed by atoms with Crippen LogP contribution in [0, 0.1) is 5.41 Å². The fourth-order valence-electron chi connectivity index (χ4n) is 4.40. The van der Waals surface area contributed by atoms with E-state index < -0.39 is 84.6 Å². The van der Waals surface area contributed by atoms with Crippen molar-refractivity contribution < 1.29 is 85.3 Å². The van der Waals surface area contributed by atoms with Gasteiger partial charge in [-0.1, -0.05) is 25.6 Å². The van der Waals surface area contributed by atoms with Crippen molar-refractivity contribution in [3.8, 4) is 0 Å². The van der Waals surface area contributed by atoms with Gasteiger partial charge < -0.3 is 50.9 Å². The average molecular weight is 841 g/mol. The molecule has 0 bridgehead atoms. The first kappa shape index (κ1) is 44.9. The molecule has 0 aromatic carbocycles. The van der Waals surface area contributed by atoms with E-state index >= 15 is 0 Å². The second-order valence-corrected chi connectivity index (χ2v) is 17.0. The Bertz CT molecular complexity index is 1750. The summed E-state index contributed by atoms with van der Waals surface area (Å²) in [5.74, 6) is 3.51. The van der Waals surface area contributed by atoms with Crippen LogP contribution in [-0.4, -0.2) is 129 Å². The standard InChI is InChI=1S/C23H39N8O18P3S/c1-23(2,18(35)21(36)27-4-3-13(32)26-5-6-53-14(33)8-44-25)9-46-52(42,43)49-51(40,41)45-7-12-17(48-50(37,38)39)16(34)22(47-12)31-11-30-15-19(24)28-10-29-20(15)31/h10-12,16-18,22,34-35H,3-9,25H2,1-2H3,(H,26,32)(H,27,36)(H,40,41)(H,42,43)(H2,24,28,29)(H2,37,38,39). The number of hydrogen-bond donors (Lipinski definition) is 10. The molecule has 12 N–H and O–H groups in total. The van der Waals surface area contributed by atoms with Crippen LogP contribution in [0.15, 0.2) is 12.7 Å². The maximum atomic E-state index is 12.6. The van der Waals surface area contributed by atoms with Crippen molar-refractivity contribution in [2.24, 2.45) is 11.3 Å². The number of fused-ring (bicyclic) bond motifs is 1. The quantitative estimate of drug-likeness (QED) is 0.0354. The topological polar surface area (TPSA) is 399 Å². The molecule has 0 spiro atoms. The second-order valence-electron chi connectivity index (χ2n) is 11.6. The van der Waals surface area contributed by atoms with Crippen molar-refractivity contribution in [2.75, 3.05) is 44.4 Å². The lowest BCUT2D eigenvalue weighted by Gasteiger charge is -2.30. The summed E-state index contributed by atoms with van der Waals surface area (Å²) in [7, 11) is -16.4. The molecule has 30 heteroatoms. The molecule has 2 aromatic rings. The number of rotatable bonds is 21. The van der Waals surface area contributed by atoms with Gasteiger partial charge in [0.15, 0.2) is 17.7 Å². The number of nitrogen functional groups attached to an aromatic ring is 1. The lowest BCUT2D eigenvalue weighted by molar-refractivity contribution is -0.137. The summed E-state index contributed by atoms with van der Waals surface area (Å²) in [5.41, 5.74) is 4.23. The molecular weight excluding hydrogens is 801 g/mol. The number of nitrogens with one attached hydrogen (secondary N) is 2. The Morgan fingerprint density at radius 3 is 2.42 bits per heavy atom. The van der Waals surface area contributed by atoms with Gasteiger partial charge in [-0.05, 0) is 0 Å². The lowest BCUT2D eigenvalue weighted by Crippen LogP contribution is -2.46. The first-order chi connectivity index (χ1) is 24.6. The minimum atomic E-state index is -5.57. The Morgan fingerprint density at radius 2 is 1.75 bits per heavy atom. The molecule has 0 radical (unpaired) electrons. The number of aromatic nitrogens is 4. The third-order valence-corrected chi connectivity index (χ3v) is 10.9. The number of aliphatic hydroxyl groups excluding tert-OH is 2. The maximum absolute atomic E-state index is 12.6. The molecule has 53 heavy (non-hydrogen) atoms. The van der Waals surface area contributed by atoms with E-state index in [4.69, 9.17) is 25.4 Å². The molecule has 1 saturated heterocycles. The molecule has 1 aliphatic heterocycles. The van der Waals surface area contributed by atoms with Crippen LogP contribution in [0.5, 0.6) is 0 Å². The van der Waals surface area contributed by atoms with Crippen LogP contribution in [0.3, 0.4) is 0 Å². The summed E-state index contributed by atoms with van der Waals surface area (Å²) in [6.45, 7) is 0.0574. The molecule has 2 amide bonds. The Morgan fingerprint density at radius 1 is 1.08 bits per heavy atom. The van der Waals surface area contributed by atoms with Crippen molar-refractivity contribution in [1.29, 1.82) is 0 Å². The molecule has 300 valence electrons. The fraction of sp³-hybridized carbons (Fsp3) is 0.652. The normalized spacial score (nSPS) is 22.2. The van der Waals surface area contributed by atoms with Crippen LogP contribution in [0.25, 0.3) is 11.2 Å². The van der Waals surface area contributed by atoms with E-state index in [1.165, 1.54) is 13.8 Å². The molecule has 1 aliphatic rings. The first-order valence-corrected chi connectivity index (χ1v) is 20.4. The number of hydrogen-bond acceptors (Lipinski definition) is 20. The number of imidazole rings is 1. The molecule has 1 fully saturated rings. The van der Waals surface area contributed by atoms with Gasteiger partial charge >= 0.3 is 23.5 Å². The molecule has 7 atom stereocenters. The van der Waals surface area contributed by atoms with Gasteiger partial charge in [-0.25, -0.2) is 34.5 Å². The number of thioether (sulfide) groups is 1. The van der Waals surface area contributed by atoms with Gasteiger partial charge in [0.1, 0.15) is 42.9 Å². The summed E-state index contributed by atoms with van der Waals surface area (Å²) < 4.78 is 61.9. The molecule has 0 saturated carbocycles. The number of carbonyl (C=O) groups excluding carboxylic acids is 3. The largest absolute Gasteiger partial charge is 0.481 e. The van der Waals surface area contributed by atoms with Crippen LogP contribution >= 0.6 is 35.2 Å². The van der Waals surface area contributed by atoms with Gasteiger partial charge in [0.05, 0.1) is 19.5 Å². The van der Waals surface area contributed by atoms with Crippen LogP contribution in [0.2, 0.25) is 0 Å². The van der Waals surface area contributed by atoms with Gasteiger partial charge in [0.2, 0.25) is 16.9 Å². The van der Waals surface area contributed by atoms with Crippen molar-refractivity contribution in [3.05, 3.63) is 12.7 Å². The van der Waals surface area contributed by atoms with Crippen LogP contribution in [0.1, 0.15) is 26.5 Å². The number of aliphatic hydroxyl groups is 2. The molecule has 2 aromatic heterocycles. The van der Waals surface area contributed by atoms with E-state index in [2.05, 4.69) is 39.3 Å². The number of anilines is 1. The highest BCUT2D eigenvalue weighted by Gasteiger charge is 2.50. The Kier molecular flexibility index (Phi) is 16.0. The zero-order valence-electron chi connectivity index (χ0n) is 27.8. The van der Waals surface area contributed by atoms with E-state index in [-0.39, 0.29) is 54.0 Å². The van der Waals surface area contributed by atoms with Crippen molar-refractivity contribution >= 4 is 69.1 Å². The van der Waals surface area contributed by atoms with E-state index in [1.807, 2.05) is 0 Å². The maximum Gasteiger partial charge on any atom is 0.481 e. The summed E-state index contributed by atoms with van der Waals surface area (Å²) in [6.07, 6.45) is -6.98. The van der Waals surface area contributed by atoms with Crippen LogP contribution < -0.4 is 22.3 Å². The van der Waals surface area contributed by atoms with Gasteiger partial charge in [-0.15, -0.1) is 0 Å². The number of amides is 2. The van der Waals surface area contributed by atoms with Crippen molar-refractivity contribution in [2.45, 2.75) is 50.9 Å². The van der Waals surface area contributed by atoms with Crippen molar-refractivity contribution in [1.82, 2.24) is 30.2 Å². The number of carbonyl (C=O) groups is 3. The summed E-state index contributed by atoms with van der Waals surface area (Å²) in [5, 5.41) is 25.8. The molecule has 3 rings (SSSR count). The predicted molar refractivity (Wildman–Crippen MR) is 177 cm³/mol. The molecule has 7 unspecified atom stereocenters. The number of phosphoric ester groups is 3. The molecule has 3 heterocycles. The zero-order chi connectivity index (χ0) is 39.8.